The summed E-state index contributed by atoms with van der Waals surface area (Å²) in [5.41, 5.74) is 3.73. The normalized spacial score (nSPS) is 16.9. The van der Waals surface area contributed by atoms with Gasteiger partial charge in [-0.1, -0.05) is 48.0 Å². The number of hydrogen-bond donors (Lipinski definition) is 1. The van der Waals surface area contributed by atoms with Crippen molar-refractivity contribution in [2.45, 2.75) is 19.0 Å². The standard InChI is InChI=1S/C31H24ClN3O2S/c1-20-24(10-7-11-25(20)32)27-17-18-28(37-27)30-29(26-12-5-6-19-33-26)34-31(38)35(30)21-13-15-23(16-14-21)36-22-8-3-2-4-9-22/h2-19,29-30H,1H3,(H,34,38)/t29-,30+/m0/s1. The smallest absolute Gasteiger partial charge is 0.174 e. The molecule has 0 unspecified atom stereocenters. The van der Waals surface area contributed by atoms with Gasteiger partial charge in [-0.05, 0) is 91.4 Å². The van der Waals surface area contributed by atoms with Crippen molar-refractivity contribution < 1.29 is 9.15 Å². The minimum Gasteiger partial charge on any atom is -0.459 e. The van der Waals surface area contributed by atoms with E-state index in [1.54, 1.807) is 6.20 Å². The molecule has 188 valence electrons. The molecule has 1 fully saturated rings. The van der Waals surface area contributed by atoms with Crippen LogP contribution in [-0.4, -0.2) is 10.1 Å². The fourth-order valence-corrected chi connectivity index (χ4v) is 5.27. The van der Waals surface area contributed by atoms with Crippen LogP contribution in [0.1, 0.15) is 29.1 Å². The van der Waals surface area contributed by atoms with Gasteiger partial charge in [0.25, 0.3) is 0 Å². The lowest BCUT2D eigenvalue weighted by Crippen LogP contribution is -2.29. The quantitative estimate of drug-likeness (QED) is 0.220. The predicted octanol–water partition coefficient (Wildman–Crippen LogP) is 8.27. The molecule has 0 amide bonds. The summed E-state index contributed by atoms with van der Waals surface area (Å²) in [6.07, 6.45) is 1.79. The molecule has 5 aromatic rings. The second-order valence-corrected chi connectivity index (χ2v) is 9.81. The summed E-state index contributed by atoms with van der Waals surface area (Å²) < 4.78 is 12.5. The molecule has 7 heteroatoms. The molecule has 3 aromatic carbocycles. The highest BCUT2D eigenvalue weighted by atomic mass is 35.5. The molecule has 1 saturated heterocycles. The number of thiocarbonyl (C=S) groups is 1. The highest BCUT2D eigenvalue weighted by Crippen LogP contribution is 2.43. The number of hydrogen-bond acceptors (Lipinski definition) is 4. The van der Waals surface area contributed by atoms with Gasteiger partial charge in [-0.15, -0.1) is 0 Å². The lowest BCUT2D eigenvalue weighted by molar-refractivity contribution is 0.439. The minimum absolute atomic E-state index is 0.205. The van der Waals surface area contributed by atoms with Gasteiger partial charge in [0.1, 0.15) is 29.1 Å². The van der Waals surface area contributed by atoms with Crippen molar-refractivity contribution >= 4 is 34.6 Å². The van der Waals surface area contributed by atoms with Crippen LogP contribution in [0, 0.1) is 6.92 Å². The molecule has 38 heavy (non-hydrogen) atoms. The van der Waals surface area contributed by atoms with E-state index in [1.165, 1.54) is 0 Å². The Morgan fingerprint density at radius 1 is 0.868 bits per heavy atom. The van der Waals surface area contributed by atoms with Crippen LogP contribution in [0.5, 0.6) is 11.5 Å². The molecule has 2 aromatic heterocycles. The van der Waals surface area contributed by atoms with E-state index in [1.807, 2.05) is 110 Å². The Morgan fingerprint density at radius 2 is 1.63 bits per heavy atom. The first-order valence-corrected chi connectivity index (χ1v) is 13.1. The van der Waals surface area contributed by atoms with Crippen molar-refractivity contribution in [1.82, 2.24) is 10.3 Å². The van der Waals surface area contributed by atoms with Crippen molar-refractivity contribution in [1.29, 1.82) is 0 Å². The van der Waals surface area contributed by atoms with E-state index in [-0.39, 0.29) is 12.1 Å². The molecule has 1 aliphatic heterocycles. The van der Waals surface area contributed by atoms with E-state index < -0.39 is 0 Å². The fraction of sp³-hybridized carbons (Fsp3) is 0.0968. The molecule has 5 nitrogen and oxygen atoms in total. The van der Waals surface area contributed by atoms with E-state index in [0.717, 1.165) is 45.5 Å². The van der Waals surface area contributed by atoms with Crippen molar-refractivity contribution in [3.8, 4) is 22.8 Å². The lowest BCUT2D eigenvalue weighted by atomic mass is 10.0. The molecule has 0 radical (unpaired) electrons. The first kappa shape index (κ1) is 24.2. The first-order valence-electron chi connectivity index (χ1n) is 12.3. The van der Waals surface area contributed by atoms with Gasteiger partial charge in [0.05, 0.1) is 11.7 Å². The zero-order valence-electron chi connectivity index (χ0n) is 20.5. The van der Waals surface area contributed by atoms with Crippen LogP contribution in [0.2, 0.25) is 5.02 Å². The number of rotatable bonds is 6. The molecular formula is C31H24ClN3O2S. The summed E-state index contributed by atoms with van der Waals surface area (Å²) in [4.78, 5) is 6.70. The fourth-order valence-electron chi connectivity index (χ4n) is 4.75. The summed E-state index contributed by atoms with van der Waals surface area (Å²) in [5.74, 6) is 3.05. The van der Waals surface area contributed by atoms with Gasteiger partial charge in [0.15, 0.2) is 5.11 Å². The van der Waals surface area contributed by atoms with Gasteiger partial charge in [0.2, 0.25) is 0 Å². The highest BCUT2D eigenvalue weighted by molar-refractivity contribution is 7.80. The Labute approximate surface area is 231 Å². The number of nitrogens with zero attached hydrogens (tertiary/aromatic N) is 2. The number of nitrogens with one attached hydrogen (secondary N) is 1. The van der Waals surface area contributed by atoms with E-state index in [9.17, 15) is 0 Å². The molecule has 1 N–H and O–H groups in total. The average molecular weight is 538 g/mol. The van der Waals surface area contributed by atoms with Gasteiger partial charge >= 0.3 is 0 Å². The summed E-state index contributed by atoms with van der Waals surface area (Å²) in [6.45, 7) is 1.99. The number of halogens is 1. The van der Waals surface area contributed by atoms with Gasteiger partial charge in [-0.25, -0.2) is 0 Å². The Hall–Kier alpha value is -4.13. The van der Waals surface area contributed by atoms with Crippen molar-refractivity contribution in [2.24, 2.45) is 0 Å². The van der Waals surface area contributed by atoms with Gasteiger partial charge in [-0.2, -0.15) is 0 Å². The molecule has 0 bridgehead atoms. The second kappa shape index (κ2) is 10.3. The number of para-hydroxylation sites is 1. The van der Waals surface area contributed by atoms with Gasteiger partial charge < -0.3 is 19.4 Å². The first-order chi connectivity index (χ1) is 18.6. The van der Waals surface area contributed by atoms with Crippen LogP contribution in [0.15, 0.2) is 114 Å². The summed E-state index contributed by atoms with van der Waals surface area (Å²) in [7, 11) is 0. The second-order valence-electron chi connectivity index (χ2n) is 9.02. The Bertz CT molecular complexity index is 1570. The van der Waals surface area contributed by atoms with Crippen molar-refractivity contribution in [3.05, 3.63) is 131 Å². The molecule has 2 atom stereocenters. The van der Waals surface area contributed by atoms with Crippen molar-refractivity contribution in [3.63, 3.8) is 0 Å². The molecule has 1 aliphatic rings. The molecule has 6 rings (SSSR count). The third kappa shape index (κ3) is 4.64. The number of aromatic nitrogens is 1. The molecule has 0 aliphatic carbocycles. The third-order valence-corrected chi connectivity index (χ3v) is 7.37. The van der Waals surface area contributed by atoms with Crippen LogP contribution in [0.25, 0.3) is 11.3 Å². The maximum Gasteiger partial charge on any atom is 0.174 e. The van der Waals surface area contributed by atoms with Crippen LogP contribution >= 0.6 is 23.8 Å². The SMILES string of the molecule is Cc1c(Cl)cccc1-c1ccc([C@@H]2[C@H](c3ccccn3)NC(=S)N2c2ccc(Oc3ccccc3)cc2)o1. The van der Waals surface area contributed by atoms with E-state index in [4.69, 9.17) is 33.0 Å². The summed E-state index contributed by atoms with van der Waals surface area (Å²) >= 11 is 12.2. The highest BCUT2D eigenvalue weighted by Gasteiger charge is 2.42. The lowest BCUT2D eigenvalue weighted by Gasteiger charge is -2.26. The summed E-state index contributed by atoms with van der Waals surface area (Å²) in [6, 6.07) is 32.8. The van der Waals surface area contributed by atoms with Crippen LogP contribution < -0.4 is 15.0 Å². The number of ether oxygens (including phenoxy) is 1. The molecule has 0 spiro atoms. The zero-order chi connectivity index (χ0) is 26.1. The topological polar surface area (TPSA) is 50.5 Å². The predicted molar refractivity (Wildman–Crippen MR) is 155 cm³/mol. The van der Waals surface area contributed by atoms with Crippen LogP contribution in [-0.2, 0) is 0 Å². The van der Waals surface area contributed by atoms with E-state index in [0.29, 0.717) is 10.1 Å². The van der Waals surface area contributed by atoms with Crippen LogP contribution in [0.4, 0.5) is 5.69 Å². The maximum atomic E-state index is 6.49. The zero-order valence-corrected chi connectivity index (χ0v) is 22.1. The molecule has 0 saturated carbocycles. The summed E-state index contributed by atoms with van der Waals surface area (Å²) in [5, 5.41) is 4.77. The Kier molecular flexibility index (Phi) is 6.58. The Morgan fingerprint density at radius 3 is 2.39 bits per heavy atom. The van der Waals surface area contributed by atoms with E-state index >= 15 is 0 Å². The largest absolute Gasteiger partial charge is 0.459 e. The van der Waals surface area contributed by atoms with E-state index in [2.05, 4.69) is 15.2 Å². The van der Waals surface area contributed by atoms with Crippen molar-refractivity contribution in [2.75, 3.05) is 4.90 Å². The molecular weight excluding hydrogens is 514 g/mol. The van der Waals surface area contributed by atoms with Gasteiger partial charge in [0, 0.05) is 22.5 Å². The van der Waals surface area contributed by atoms with Crippen LogP contribution in [0.3, 0.4) is 0 Å². The number of benzene rings is 3. The van der Waals surface area contributed by atoms with Gasteiger partial charge in [-0.3, -0.25) is 4.98 Å². The third-order valence-electron chi connectivity index (χ3n) is 6.64. The maximum absolute atomic E-state index is 6.49. The average Bonchev–Trinajstić information content (AvgIpc) is 3.56. The number of anilines is 1. The Balaban J connectivity index is 1.37. The molecule has 3 heterocycles. The monoisotopic (exact) mass is 537 g/mol. The number of furan rings is 1. The minimum atomic E-state index is -0.258. The number of pyridine rings is 1.